The van der Waals surface area contributed by atoms with Gasteiger partial charge in [0.15, 0.2) is 0 Å². The van der Waals surface area contributed by atoms with Crippen LogP contribution in [0.2, 0.25) is 0 Å². The minimum Gasteiger partial charge on any atom is -0.481 e. The van der Waals surface area contributed by atoms with E-state index in [-0.39, 0.29) is 13.0 Å². The molecule has 0 heterocycles. The summed E-state index contributed by atoms with van der Waals surface area (Å²) in [5.41, 5.74) is 0. The molecule has 12 heavy (non-hydrogen) atoms. The van der Waals surface area contributed by atoms with Gasteiger partial charge in [0.25, 0.3) is 5.91 Å². The normalized spacial score (nSPS) is 10.0. The Hall–Kier alpha value is -1.20. The van der Waals surface area contributed by atoms with Crippen molar-refractivity contribution in [1.29, 1.82) is 0 Å². The summed E-state index contributed by atoms with van der Waals surface area (Å²) in [5.74, 6) is -2.47. The molecule has 0 aliphatic carbocycles. The fourth-order valence-electron chi connectivity index (χ4n) is 0.540. The third kappa shape index (κ3) is 3.85. The number of halogens is 2. The highest BCUT2D eigenvalue weighted by Gasteiger charge is 2.19. The molecule has 0 atom stereocenters. The molecule has 0 bridgehead atoms. The summed E-state index contributed by atoms with van der Waals surface area (Å²) in [7, 11) is 1.14. The fourth-order valence-corrected chi connectivity index (χ4v) is 0.540. The van der Waals surface area contributed by atoms with Crippen LogP contribution in [0.1, 0.15) is 6.42 Å². The molecule has 1 N–H and O–H groups in total. The first kappa shape index (κ1) is 10.8. The number of carboxylic acids is 1. The molecule has 0 rings (SSSR count). The van der Waals surface area contributed by atoms with Crippen molar-refractivity contribution >= 4 is 11.9 Å². The molecular weight excluding hydrogens is 172 g/mol. The number of carboxylic acid groups (broad SMARTS) is 1. The van der Waals surface area contributed by atoms with Crippen LogP contribution in [0, 0.1) is 0 Å². The summed E-state index contributed by atoms with van der Waals surface area (Å²) in [6, 6.07) is 0. The molecule has 6 heteroatoms. The zero-order valence-corrected chi connectivity index (χ0v) is 6.46. The quantitative estimate of drug-likeness (QED) is 0.673. The summed E-state index contributed by atoms with van der Waals surface area (Å²) in [6.45, 7) is -0.196. The first-order valence-corrected chi connectivity index (χ1v) is 3.20. The van der Waals surface area contributed by atoms with E-state index in [1.54, 1.807) is 0 Å². The second kappa shape index (κ2) is 4.63. The van der Waals surface area contributed by atoms with Gasteiger partial charge in [-0.3, -0.25) is 9.59 Å². The number of aliphatic carboxylic acids is 1. The number of carbonyl (C=O) groups excluding carboxylic acids is 1. The van der Waals surface area contributed by atoms with Gasteiger partial charge in [-0.1, -0.05) is 0 Å². The van der Waals surface area contributed by atoms with Crippen molar-refractivity contribution in [2.75, 3.05) is 13.6 Å². The van der Waals surface area contributed by atoms with Crippen molar-refractivity contribution in [3.8, 4) is 0 Å². The molecule has 0 aliphatic rings. The largest absolute Gasteiger partial charge is 0.481 e. The van der Waals surface area contributed by atoms with Crippen molar-refractivity contribution in [3.63, 3.8) is 0 Å². The maximum Gasteiger partial charge on any atom is 0.315 e. The molecule has 0 saturated carbocycles. The molecule has 0 spiro atoms. The van der Waals surface area contributed by atoms with Crippen molar-refractivity contribution in [3.05, 3.63) is 0 Å². The number of carbonyl (C=O) groups is 2. The molecule has 0 unspecified atom stereocenters. The number of nitrogens with zero attached hydrogens (tertiary/aromatic N) is 1. The number of hydrogen-bond donors (Lipinski definition) is 1. The topological polar surface area (TPSA) is 57.6 Å². The Morgan fingerprint density at radius 1 is 1.50 bits per heavy atom. The summed E-state index contributed by atoms with van der Waals surface area (Å²) < 4.78 is 23.3. The minimum atomic E-state index is -3.07. The van der Waals surface area contributed by atoms with E-state index in [1.165, 1.54) is 0 Å². The number of alkyl halides is 2. The maximum atomic E-state index is 11.7. The van der Waals surface area contributed by atoms with Gasteiger partial charge in [-0.05, 0) is 0 Å². The van der Waals surface area contributed by atoms with Crippen LogP contribution < -0.4 is 0 Å². The Morgan fingerprint density at radius 2 is 2.00 bits per heavy atom. The zero-order valence-electron chi connectivity index (χ0n) is 6.46. The van der Waals surface area contributed by atoms with E-state index >= 15 is 0 Å². The molecule has 70 valence electrons. The zero-order chi connectivity index (χ0) is 9.72. The second-order valence-corrected chi connectivity index (χ2v) is 2.20. The van der Waals surface area contributed by atoms with E-state index < -0.39 is 18.3 Å². The monoisotopic (exact) mass is 181 g/mol. The van der Waals surface area contributed by atoms with Crippen LogP contribution in [0.5, 0.6) is 0 Å². The van der Waals surface area contributed by atoms with Crippen molar-refractivity contribution in [2.24, 2.45) is 0 Å². The SMILES string of the molecule is CN(CCC(=O)O)C(=O)C(F)F. The Kier molecular flexibility index (Phi) is 4.17. The molecular formula is C6H9F2NO3. The first-order valence-electron chi connectivity index (χ1n) is 3.20. The van der Waals surface area contributed by atoms with E-state index in [2.05, 4.69) is 0 Å². The average Bonchev–Trinajstić information content (AvgIpc) is 1.98. The van der Waals surface area contributed by atoms with Crippen molar-refractivity contribution < 1.29 is 23.5 Å². The highest BCUT2D eigenvalue weighted by atomic mass is 19.3. The predicted molar refractivity (Wildman–Crippen MR) is 35.9 cm³/mol. The summed E-state index contributed by atoms with van der Waals surface area (Å²) in [4.78, 5) is 21.1. The Morgan fingerprint density at radius 3 is 2.33 bits per heavy atom. The molecule has 0 saturated heterocycles. The van der Waals surface area contributed by atoms with Gasteiger partial charge in [-0.2, -0.15) is 8.78 Å². The van der Waals surface area contributed by atoms with E-state index in [9.17, 15) is 18.4 Å². The molecule has 0 fully saturated rings. The van der Waals surface area contributed by atoms with Crippen molar-refractivity contribution in [2.45, 2.75) is 12.8 Å². The molecule has 1 amide bonds. The Bertz CT molecular complexity index is 184. The lowest BCUT2D eigenvalue weighted by atomic mass is 10.4. The van der Waals surface area contributed by atoms with Gasteiger partial charge < -0.3 is 10.0 Å². The van der Waals surface area contributed by atoms with Crippen LogP contribution in [0.3, 0.4) is 0 Å². The minimum absolute atomic E-state index is 0.196. The molecule has 0 aromatic heterocycles. The van der Waals surface area contributed by atoms with Crippen LogP contribution in [0.4, 0.5) is 8.78 Å². The second-order valence-electron chi connectivity index (χ2n) is 2.20. The lowest BCUT2D eigenvalue weighted by Gasteiger charge is -2.14. The highest BCUT2D eigenvalue weighted by molar-refractivity contribution is 5.79. The van der Waals surface area contributed by atoms with E-state index in [0.717, 1.165) is 7.05 Å². The van der Waals surface area contributed by atoms with Crippen LogP contribution in [0.25, 0.3) is 0 Å². The fraction of sp³-hybridized carbons (Fsp3) is 0.667. The van der Waals surface area contributed by atoms with Crippen LogP contribution in [0.15, 0.2) is 0 Å². The molecule has 4 nitrogen and oxygen atoms in total. The van der Waals surface area contributed by atoms with Gasteiger partial charge >= 0.3 is 12.4 Å². The molecule has 0 aromatic carbocycles. The third-order valence-electron chi connectivity index (χ3n) is 1.22. The number of hydrogen-bond acceptors (Lipinski definition) is 2. The summed E-state index contributed by atoms with van der Waals surface area (Å²) in [5, 5.41) is 8.16. The van der Waals surface area contributed by atoms with E-state index in [4.69, 9.17) is 5.11 Å². The van der Waals surface area contributed by atoms with Crippen LogP contribution in [-0.2, 0) is 9.59 Å². The van der Waals surface area contributed by atoms with Gasteiger partial charge in [0.05, 0.1) is 6.42 Å². The van der Waals surface area contributed by atoms with E-state index in [0.29, 0.717) is 4.90 Å². The summed E-state index contributed by atoms with van der Waals surface area (Å²) in [6.07, 6.45) is -3.39. The highest BCUT2D eigenvalue weighted by Crippen LogP contribution is 1.98. The lowest BCUT2D eigenvalue weighted by Crippen LogP contribution is -2.33. The predicted octanol–water partition coefficient (Wildman–Crippen LogP) is 0.185. The Balaban J connectivity index is 3.79. The summed E-state index contributed by atoms with van der Waals surface area (Å²) >= 11 is 0. The van der Waals surface area contributed by atoms with Crippen LogP contribution in [-0.4, -0.2) is 41.9 Å². The molecule has 0 aromatic rings. The average molecular weight is 181 g/mol. The Labute approximate surface area is 67.8 Å². The van der Waals surface area contributed by atoms with Gasteiger partial charge in [-0.25, -0.2) is 0 Å². The third-order valence-corrected chi connectivity index (χ3v) is 1.22. The van der Waals surface area contributed by atoms with Crippen LogP contribution >= 0.6 is 0 Å². The molecule has 0 radical (unpaired) electrons. The first-order chi connectivity index (χ1) is 5.45. The van der Waals surface area contributed by atoms with Gasteiger partial charge in [0.2, 0.25) is 0 Å². The van der Waals surface area contributed by atoms with Gasteiger partial charge in [0.1, 0.15) is 0 Å². The number of amides is 1. The van der Waals surface area contributed by atoms with Gasteiger partial charge in [0, 0.05) is 13.6 Å². The van der Waals surface area contributed by atoms with Crippen molar-refractivity contribution in [1.82, 2.24) is 4.90 Å². The molecule has 0 aliphatic heterocycles. The lowest BCUT2D eigenvalue weighted by molar-refractivity contribution is -0.143. The smallest absolute Gasteiger partial charge is 0.315 e. The maximum absolute atomic E-state index is 11.7. The standard InChI is InChI=1S/C6H9F2NO3/c1-9(3-2-4(10)11)6(12)5(7)8/h5H,2-3H2,1H3,(H,10,11). The van der Waals surface area contributed by atoms with E-state index in [1.807, 2.05) is 0 Å². The number of rotatable bonds is 4. The van der Waals surface area contributed by atoms with Gasteiger partial charge in [-0.15, -0.1) is 0 Å².